The van der Waals surface area contributed by atoms with Gasteiger partial charge in [-0.1, -0.05) is 0 Å². The van der Waals surface area contributed by atoms with Gasteiger partial charge in [-0.3, -0.25) is 23.2 Å². The number of hydrogen-bond acceptors (Lipinski definition) is 7. The van der Waals surface area contributed by atoms with Crippen LogP contribution in [0.15, 0.2) is 0 Å². The molecule has 0 aliphatic carbocycles. The molecule has 26 heavy (non-hydrogen) atoms. The lowest BCUT2D eigenvalue weighted by atomic mass is 10.5. The molecule has 0 aliphatic heterocycles. The second-order valence-electron chi connectivity index (χ2n) is 4.18. The van der Waals surface area contributed by atoms with Crippen molar-refractivity contribution in [1.29, 1.82) is 0 Å². The normalized spacial score (nSPS) is 12.0. The minimum atomic E-state index is -5.36. The maximum Gasteiger partial charge on any atom is 0.471 e. The maximum absolute atomic E-state index is 12.2. The van der Waals surface area contributed by atoms with Crippen molar-refractivity contribution in [3.8, 4) is 0 Å². The summed E-state index contributed by atoms with van der Waals surface area (Å²) in [6, 6.07) is 0. The van der Waals surface area contributed by atoms with Crippen LogP contribution in [0.2, 0.25) is 0 Å². The van der Waals surface area contributed by atoms with Gasteiger partial charge in [-0.15, -0.1) is 0 Å². The van der Waals surface area contributed by atoms with E-state index in [1.807, 2.05) is 0 Å². The fraction of sp³-hybridized carbons (Fsp3) is 0.600. The molecule has 0 saturated heterocycles. The third-order valence-corrected chi connectivity index (χ3v) is 3.06. The van der Waals surface area contributed by atoms with Crippen molar-refractivity contribution in [2.24, 2.45) is 0 Å². The number of carbonyl (C=O) groups is 4. The molecule has 0 bridgehead atoms. The fourth-order valence-electron chi connectivity index (χ4n) is 1.23. The molecule has 0 aliphatic rings. The van der Waals surface area contributed by atoms with Crippen LogP contribution in [0, 0.1) is 0 Å². The van der Waals surface area contributed by atoms with Gasteiger partial charge in [-0.25, -0.2) is 0 Å². The smallest absolute Gasteiger partial charge is 0.304 e. The average Bonchev–Trinajstić information content (AvgIpc) is 2.52. The molecular weight excluding hydrogens is 405 g/mol. The zero-order chi connectivity index (χ0) is 20.5. The summed E-state index contributed by atoms with van der Waals surface area (Å²) < 4.78 is 93.2. The molecule has 0 aromatic carbocycles. The highest BCUT2D eigenvalue weighted by molar-refractivity contribution is 7.33. The van der Waals surface area contributed by atoms with Gasteiger partial charge in [0, 0.05) is 0 Å². The molecule has 16 heteroatoms. The minimum Gasteiger partial charge on any atom is -0.304 e. The van der Waals surface area contributed by atoms with E-state index >= 15 is 0 Å². The first kappa shape index (κ1) is 24.0. The summed E-state index contributed by atoms with van der Waals surface area (Å²) in [5.41, 5.74) is 0. The van der Waals surface area contributed by atoms with Crippen LogP contribution in [0.1, 0.15) is 0 Å². The Bertz CT molecular complexity index is 507. The van der Waals surface area contributed by atoms with Gasteiger partial charge in [0.15, 0.2) is 0 Å². The van der Waals surface area contributed by atoms with Crippen molar-refractivity contribution in [3.63, 3.8) is 0 Å². The molecule has 0 radical (unpaired) electrons. The van der Waals surface area contributed by atoms with E-state index in [0.29, 0.717) is 0 Å². The van der Waals surface area contributed by atoms with Crippen LogP contribution in [-0.4, -0.2) is 73.1 Å². The Morgan fingerprint density at radius 3 is 1.35 bits per heavy atom. The molecule has 2 amide bonds. The summed E-state index contributed by atoms with van der Waals surface area (Å²) in [7, 11) is -3.78. The van der Waals surface area contributed by atoms with E-state index < -0.39 is 59.0 Å². The van der Waals surface area contributed by atoms with Crippen LogP contribution >= 0.6 is 8.25 Å². The number of rotatable bonds is 10. The van der Waals surface area contributed by atoms with Gasteiger partial charge in [-0.2, -0.15) is 26.3 Å². The van der Waals surface area contributed by atoms with Gasteiger partial charge in [0.05, 0.1) is 13.1 Å². The summed E-state index contributed by atoms with van der Waals surface area (Å²) in [5.74, 6) is -4.98. The van der Waals surface area contributed by atoms with E-state index in [0.717, 1.165) is 0 Å². The first-order chi connectivity index (χ1) is 11.8. The molecule has 0 saturated carbocycles. The van der Waals surface area contributed by atoms with Crippen molar-refractivity contribution in [2.45, 2.75) is 12.4 Å². The first-order valence-corrected chi connectivity index (χ1v) is 7.46. The van der Waals surface area contributed by atoms with Crippen LogP contribution in [0.5, 0.6) is 0 Å². The van der Waals surface area contributed by atoms with Gasteiger partial charge in [0.2, 0.25) is 0 Å². The Kier molecular flexibility index (Phi) is 9.45. The number of aldehydes is 2. The summed E-state index contributed by atoms with van der Waals surface area (Å²) in [6.45, 7) is -4.79. The van der Waals surface area contributed by atoms with Crippen molar-refractivity contribution in [1.82, 2.24) is 9.80 Å². The van der Waals surface area contributed by atoms with E-state index in [2.05, 4.69) is 9.05 Å². The van der Waals surface area contributed by atoms with Gasteiger partial charge in [0.25, 0.3) is 0 Å². The Morgan fingerprint density at radius 1 is 0.808 bits per heavy atom. The zero-order valence-corrected chi connectivity index (χ0v) is 13.5. The van der Waals surface area contributed by atoms with Crippen LogP contribution in [0.3, 0.4) is 0 Å². The molecule has 0 unspecified atom stereocenters. The van der Waals surface area contributed by atoms with E-state index in [-0.39, 0.29) is 22.4 Å². The first-order valence-electron chi connectivity index (χ1n) is 6.23. The monoisotopic (exact) mass is 416 g/mol. The van der Waals surface area contributed by atoms with E-state index in [1.165, 1.54) is 0 Å². The van der Waals surface area contributed by atoms with Crippen molar-refractivity contribution in [2.75, 3.05) is 26.6 Å². The van der Waals surface area contributed by atoms with Crippen LogP contribution in [0.25, 0.3) is 0 Å². The molecule has 0 aromatic rings. The number of carbonyl (C=O) groups excluding carboxylic acids is 4. The van der Waals surface area contributed by atoms with Crippen LogP contribution in [-0.2, 0) is 32.8 Å². The highest BCUT2D eigenvalue weighted by atomic mass is 31.1. The summed E-state index contributed by atoms with van der Waals surface area (Å²) >= 11 is 0. The summed E-state index contributed by atoms with van der Waals surface area (Å²) in [4.78, 5) is 42.0. The lowest BCUT2D eigenvalue weighted by molar-refractivity contribution is -0.189. The molecule has 0 fully saturated rings. The number of halogens is 6. The van der Waals surface area contributed by atoms with Gasteiger partial charge < -0.3 is 19.4 Å². The minimum absolute atomic E-state index is 0.0844. The highest BCUT2D eigenvalue weighted by Crippen LogP contribution is 2.27. The number of alkyl halides is 6. The Morgan fingerprint density at radius 2 is 1.12 bits per heavy atom. The molecule has 0 aromatic heterocycles. The SMILES string of the molecule is O=CCN(CO[PH](=O)OCN(CC=O)C(=O)C(F)(F)F)C(=O)C(F)(F)F. The van der Waals surface area contributed by atoms with Crippen LogP contribution in [0.4, 0.5) is 26.3 Å². The summed E-state index contributed by atoms with van der Waals surface area (Å²) in [6.07, 6.45) is -10.9. The number of amides is 2. The van der Waals surface area contributed by atoms with Crippen molar-refractivity contribution in [3.05, 3.63) is 0 Å². The number of nitrogens with zero attached hydrogens (tertiary/aromatic N) is 2. The van der Waals surface area contributed by atoms with Gasteiger partial charge in [-0.05, 0) is 0 Å². The topological polar surface area (TPSA) is 110 Å². The summed E-state index contributed by atoms with van der Waals surface area (Å²) in [5, 5.41) is 0. The van der Waals surface area contributed by atoms with E-state index in [9.17, 15) is 50.1 Å². The third-order valence-electron chi connectivity index (χ3n) is 2.33. The molecule has 0 spiro atoms. The largest absolute Gasteiger partial charge is 0.471 e. The second-order valence-corrected chi connectivity index (χ2v) is 5.26. The second kappa shape index (κ2) is 10.2. The highest BCUT2D eigenvalue weighted by Gasteiger charge is 2.43. The lowest BCUT2D eigenvalue weighted by Crippen LogP contribution is -2.43. The standard InChI is InChI=1S/C10H11F6N2O7P/c11-9(12,13)7(21)17(1-3-19)5-24-26(23)25-6-18(2-4-20)8(22)10(14,15)16/h3-4,26H,1-2,5-6H2. The third kappa shape index (κ3) is 8.40. The Labute approximate surface area is 141 Å². The molecule has 0 heterocycles. The fourth-order valence-corrected chi connectivity index (χ4v) is 1.84. The van der Waals surface area contributed by atoms with Crippen molar-refractivity contribution >= 4 is 32.6 Å². The average molecular weight is 416 g/mol. The molecule has 0 N–H and O–H groups in total. The van der Waals surface area contributed by atoms with Gasteiger partial charge >= 0.3 is 32.4 Å². The maximum atomic E-state index is 12.2. The molecule has 150 valence electrons. The molecule has 0 rings (SSSR count). The molecule has 0 atom stereocenters. The van der Waals surface area contributed by atoms with E-state index in [4.69, 9.17) is 0 Å². The molecule has 9 nitrogen and oxygen atoms in total. The Hall–Kier alpha value is -1.99. The molecular formula is C10H11F6N2O7P. The Balaban J connectivity index is 4.71. The zero-order valence-electron chi connectivity index (χ0n) is 12.5. The predicted octanol–water partition coefficient (Wildman–Crippen LogP) is 0.504. The van der Waals surface area contributed by atoms with E-state index in [1.54, 1.807) is 0 Å². The van der Waals surface area contributed by atoms with Gasteiger partial charge in [0.1, 0.15) is 26.0 Å². The number of hydrogen-bond donors (Lipinski definition) is 0. The predicted molar refractivity (Wildman–Crippen MR) is 68.6 cm³/mol. The lowest BCUT2D eigenvalue weighted by Gasteiger charge is -2.22. The van der Waals surface area contributed by atoms with Crippen molar-refractivity contribution < 1.29 is 59.1 Å². The van der Waals surface area contributed by atoms with Crippen LogP contribution < -0.4 is 0 Å². The quantitative estimate of drug-likeness (QED) is 0.221.